The number of halogens is 1. The maximum absolute atomic E-state index is 12.6. The van der Waals surface area contributed by atoms with E-state index in [0.717, 1.165) is 16.9 Å². The van der Waals surface area contributed by atoms with Gasteiger partial charge in [-0.25, -0.2) is 8.42 Å². The predicted molar refractivity (Wildman–Crippen MR) is 102 cm³/mol. The molecule has 2 aromatic heterocycles. The third-order valence-corrected chi connectivity index (χ3v) is 8.00. The standard InChI is InChI=1S/C17H20ClN3O3S2/c18-15-3-4-17(25-15)26(23,24)21-8-5-13(6-9-21)10-16(22)20-12-14-2-1-7-19-11-14/h1-4,7,11,13H,5-6,8-10,12H2,(H,20,22). The molecule has 2 aromatic rings. The molecule has 140 valence electrons. The van der Waals surface area contributed by atoms with Crippen LogP contribution in [-0.2, 0) is 21.4 Å². The number of rotatable bonds is 6. The summed E-state index contributed by atoms with van der Waals surface area (Å²) in [4.78, 5) is 16.1. The van der Waals surface area contributed by atoms with E-state index in [-0.39, 0.29) is 16.0 Å². The molecule has 1 fully saturated rings. The maximum Gasteiger partial charge on any atom is 0.252 e. The van der Waals surface area contributed by atoms with E-state index in [0.29, 0.717) is 43.2 Å². The lowest BCUT2D eigenvalue weighted by Gasteiger charge is -2.30. The van der Waals surface area contributed by atoms with Gasteiger partial charge < -0.3 is 5.32 Å². The predicted octanol–water partition coefficient (Wildman–Crippen LogP) is 2.90. The summed E-state index contributed by atoms with van der Waals surface area (Å²) in [6.45, 7) is 1.32. The number of pyridine rings is 1. The second-order valence-electron chi connectivity index (χ2n) is 6.25. The Labute approximate surface area is 162 Å². The van der Waals surface area contributed by atoms with E-state index in [9.17, 15) is 13.2 Å². The van der Waals surface area contributed by atoms with E-state index in [1.54, 1.807) is 24.5 Å². The lowest BCUT2D eigenvalue weighted by Crippen LogP contribution is -2.39. The Balaban J connectivity index is 1.47. The number of hydrogen-bond donors (Lipinski definition) is 1. The first-order valence-corrected chi connectivity index (χ1v) is 11.0. The molecular formula is C17H20ClN3O3S2. The molecule has 9 heteroatoms. The maximum atomic E-state index is 12.6. The molecule has 3 heterocycles. The van der Waals surface area contributed by atoms with Gasteiger partial charge in [0, 0.05) is 38.4 Å². The molecule has 0 unspecified atom stereocenters. The van der Waals surface area contributed by atoms with E-state index < -0.39 is 10.0 Å². The highest BCUT2D eigenvalue weighted by Gasteiger charge is 2.31. The Morgan fingerprint density at radius 1 is 1.31 bits per heavy atom. The zero-order chi connectivity index (χ0) is 18.6. The average molecular weight is 414 g/mol. The summed E-state index contributed by atoms with van der Waals surface area (Å²) in [7, 11) is -3.48. The molecule has 0 aromatic carbocycles. The van der Waals surface area contributed by atoms with Crippen LogP contribution in [0.4, 0.5) is 0 Å². The second kappa shape index (κ2) is 8.47. The molecular weight excluding hydrogens is 394 g/mol. The number of nitrogens with one attached hydrogen (secondary N) is 1. The van der Waals surface area contributed by atoms with Crippen molar-refractivity contribution in [1.29, 1.82) is 0 Å². The van der Waals surface area contributed by atoms with Crippen molar-refractivity contribution in [3.05, 3.63) is 46.6 Å². The first-order valence-electron chi connectivity index (χ1n) is 8.36. The number of amides is 1. The molecule has 0 radical (unpaired) electrons. The highest BCUT2D eigenvalue weighted by molar-refractivity contribution is 7.91. The smallest absolute Gasteiger partial charge is 0.252 e. The zero-order valence-electron chi connectivity index (χ0n) is 14.1. The topological polar surface area (TPSA) is 79.4 Å². The van der Waals surface area contributed by atoms with Crippen LogP contribution in [0, 0.1) is 5.92 Å². The van der Waals surface area contributed by atoms with Crippen LogP contribution in [0.3, 0.4) is 0 Å². The SMILES string of the molecule is O=C(CC1CCN(S(=O)(=O)c2ccc(Cl)s2)CC1)NCc1cccnc1. The number of carbonyl (C=O) groups excluding carboxylic acids is 1. The fourth-order valence-corrected chi connectivity index (χ4v) is 6.06. The van der Waals surface area contributed by atoms with Crippen molar-refractivity contribution in [3.8, 4) is 0 Å². The van der Waals surface area contributed by atoms with Crippen LogP contribution in [0.2, 0.25) is 4.34 Å². The monoisotopic (exact) mass is 413 g/mol. The van der Waals surface area contributed by atoms with Crippen LogP contribution in [0.25, 0.3) is 0 Å². The highest BCUT2D eigenvalue weighted by atomic mass is 35.5. The van der Waals surface area contributed by atoms with Crippen LogP contribution >= 0.6 is 22.9 Å². The number of sulfonamides is 1. The molecule has 0 aliphatic carbocycles. The molecule has 1 N–H and O–H groups in total. The number of aromatic nitrogens is 1. The van der Waals surface area contributed by atoms with Gasteiger partial charge in [0.1, 0.15) is 4.21 Å². The van der Waals surface area contributed by atoms with Gasteiger partial charge >= 0.3 is 0 Å². The number of carbonyl (C=O) groups is 1. The summed E-state index contributed by atoms with van der Waals surface area (Å²) >= 11 is 6.92. The molecule has 1 saturated heterocycles. The van der Waals surface area contributed by atoms with E-state index in [1.807, 2.05) is 12.1 Å². The van der Waals surface area contributed by atoms with Crippen molar-refractivity contribution in [1.82, 2.24) is 14.6 Å². The molecule has 0 saturated carbocycles. The minimum absolute atomic E-state index is 0.0137. The average Bonchev–Trinajstić information content (AvgIpc) is 3.09. The molecule has 1 aliphatic rings. The van der Waals surface area contributed by atoms with Gasteiger partial charge in [-0.1, -0.05) is 17.7 Å². The lowest BCUT2D eigenvalue weighted by atomic mass is 9.94. The Kier molecular flexibility index (Phi) is 6.29. The highest BCUT2D eigenvalue weighted by Crippen LogP contribution is 2.31. The third-order valence-electron chi connectivity index (χ3n) is 4.40. The molecule has 26 heavy (non-hydrogen) atoms. The molecule has 6 nitrogen and oxygen atoms in total. The van der Waals surface area contributed by atoms with Gasteiger partial charge in [0.15, 0.2) is 0 Å². The first-order chi connectivity index (χ1) is 12.4. The van der Waals surface area contributed by atoms with Gasteiger partial charge in [-0.2, -0.15) is 4.31 Å². The van der Waals surface area contributed by atoms with Crippen molar-refractivity contribution >= 4 is 38.9 Å². The third kappa shape index (κ3) is 4.82. The van der Waals surface area contributed by atoms with Gasteiger partial charge in [-0.15, -0.1) is 11.3 Å². The van der Waals surface area contributed by atoms with Crippen molar-refractivity contribution in [2.45, 2.75) is 30.0 Å². The summed E-state index contributed by atoms with van der Waals surface area (Å²) in [6.07, 6.45) is 5.19. The molecule has 1 amide bonds. The van der Waals surface area contributed by atoms with E-state index in [2.05, 4.69) is 10.3 Å². The zero-order valence-corrected chi connectivity index (χ0v) is 16.5. The van der Waals surface area contributed by atoms with Gasteiger partial charge in [-0.3, -0.25) is 9.78 Å². The van der Waals surface area contributed by atoms with E-state index in [1.165, 1.54) is 4.31 Å². The Morgan fingerprint density at radius 2 is 2.08 bits per heavy atom. The Morgan fingerprint density at radius 3 is 2.69 bits per heavy atom. The first kappa shape index (κ1) is 19.3. The van der Waals surface area contributed by atoms with Crippen molar-refractivity contribution in [3.63, 3.8) is 0 Å². The fourth-order valence-electron chi connectivity index (χ4n) is 2.96. The minimum Gasteiger partial charge on any atom is -0.352 e. The molecule has 1 aliphatic heterocycles. The summed E-state index contributed by atoms with van der Waals surface area (Å²) in [6, 6.07) is 6.88. The van der Waals surface area contributed by atoms with E-state index >= 15 is 0 Å². The quantitative estimate of drug-likeness (QED) is 0.789. The molecule has 0 bridgehead atoms. The number of hydrogen-bond acceptors (Lipinski definition) is 5. The number of nitrogens with zero attached hydrogens (tertiary/aromatic N) is 2. The Bertz CT molecular complexity index is 847. The summed E-state index contributed by atoms with van der Waals surface area (Å²) in [5, 5.41) is 2.89. The number of piperidine rings is 1. The van der Waals surface area contributed by atoms with Crippen LogP contribution < -0.4 is 5.32 Å². The molecule has 0 spiro atoms. The normalized spacial score (nSPS) is 16.5. The van der Waals surface area contributed by atoms with Gasteiger partial charge in [0.2, 0.25) is 5.91 Å². The van der Waals surface area contributed by atoms with E-state index in [4.69, 9.17) is 11.6 Å². The van der Waals surface area contributed by atoms with Crippen LogP contribution in [0.5, 0.6) is 0 Å². The Hall–Kier alpha value is -1.48. The van der Waals surface area contributed by atoms with Crippen molar-refractivity contribution in [2.75, 3.05) is 13.1 Å². The van der Waals surface area contributed by atoms with Gasteiger partial charge in [-0.05, 0) is 42.5 Å². The van der Waals surface area contributed by atoms with Gasteiger partial charge in [0.05, 0.1) is 4.34 Å². The van der Waals surface area contributed by atoms with Crippen molar-refractivity contribution < 1.29 is 13.2 Å². The van der Waals surface area contributed by atoms with Crippen LogP contribution in [0.15, 0.2) is 40.9 Å². The molecule has 0 atom stereocenters. The summed E-state index contributed by atoms with van der Waals surface area (Å²) in [5.74, 6) is 0.183. The summed E-state index contributed by atoms with van der Waals surface area (Å²) in [5.41, 5.74) is 0.955. The largest absolute Gasteiger partial charge is 0.352 e. The molecule has 3 rings (SSSR count). The number of thiophene rings is 1. The fraction of sp³-hybridized carbons (Fsp3) is 0.412. The lowest BCUT2D eigenvalue weighted by molar-refractivity contribution is -0.122. The minimum atomic E-state index is -3.48. The van der Waals surface area contributed by atoms with Gasteiger partial charge in [0.25, 0.3) is 10.0 Å². The van der Waals surface area contributed by atoms with Crippen LogP contribution in [-0.4, -0.2) is 36.7 Å². The van der Waals surface area contributed by atoms with Crippen molar-refractivity contribution in [2.24, 2.45) is 5.92 Å². The second-order valence-corrected chi connectivity index (χ2v) is 10.1. The van der Waals surface area contributed by atoms with Crippen LogP contribution in [0.1, 0.15) is 24.8 Å². The summed E-state index contributed by atoms with van der Waals surface area (Å²) < 4.78 is 27.4.